The van der Waals surface area contributed by atoms with Crippen LogP contribution < -0.4 is 5.32 Å². The molecule has 0 saturated heterocycles. The smallest absolute Gasteiger partial charge is 0.115 e. The maximum atomic E-state index is 12.3. The summed E-state index contributed by atoms with van der Waals surface area (Å²) in [5, 5.41) is 19.3. The first-order valence-corrected chi connectivity index (χ1v) is 12.5. The van der Waals surface area contributed by atoms with Gasteiger partial charge in [-0.3, -0.25) is 9.07 Å². The molecule has 0 aliphatic heterocycles. The van der Waals surface area contributed by atoms with Crippen molar-refractivity contribution < 1.29 is 9.50 Å². The predicted octanol–water partition coefficient (Wildman–Crippen LogP) is 6.29. The molecule has 4 aromatic rings. The molecule has 180 valence electrons. The number of halogens is 1. The van der Waals surface area contributed by atoms with Gasteiger partial charge in [-0.25, -0.2) is 0 Å². The van der Waals surface area contributed by atoms with Crippen LogP contribution in [0.4, 0.5) is 4.39 Å². The molecular formula is C30H32FN3O. The van der Waals surface area contributed by atoms with Crippen LogP contribution in [0.15, 0.2) is 66.9 Å². The SMILES string of the molecule is Cc1ccccc1C1=C(c2ccc3nn(CCNCCCF)cc3c2)c2ccc(O)cc2CCC1. The quantitative estimate of drug-likeness (QED) is 0.298. The van der Waals surface area contributed by atoms with Gasteiger partial charge in [-0.15, -0.1) is 0 Å². The number of nitrogens with one attached hydrogen (secondary N) is 1. The molecule has 0 atom stereocenters. The molecule has 1 aliphatic carbocycles. The van der Waals surface area contributed by atoms with Crippen molar-refractivity contribution in [3.8, 4) is 5.75 Å². The van der Waals surface area contributed by atoms with Gasteiger partial charge in [0.05, 0.1) is 18.7 Å². The van der Waals surface area contributed by atoms with Gasteiger partial charge in [0.2, 0.25) is 0 Å². The lowest BCUT2D eigenvalue weighted by atomic mass is 9.86. The van der Waals surface area contributed by atoms with E-state index in [1.165, 1.54) is 39.0 Å². The molecule has 3 aromatic carbocycles. The van der Waals surface area contributed by atoms with Gasteiger partial charge < -0.3 is 10.4 Å². The Kier molecular flexibility index (Phi) is 6.96. The van der Waals surface area contributed by atoms with Crippen molar-refractivity contribution in [2.24, 2.45) is 0 Å². The molecule has 0 radical (unpaired) electrons. The number of phenolic OH excluding ortho intramolecular Hbond substituents is 1. The van der Waals surface area contributed by atoms with Gasteiger partial charge in [-0.2, -0.15) is 5.10 Å². The average molecular weight is 470 g/mol. The van der Waals surface area contributed by atoms with Gasteiger partial charge in [0.15, 0.2) is 0 Å². The van der Waals surface area contributed by atoms with Crippen molar-refractivity contribution in [1.82, 2.24) is 15.1 Å². The standard InChI is InChI=1S/C30H32FN3O/c1-21-6-2-3-8-26(21)28-9-4-7-22-19-25(35)11-12-27(22)30(28)23-10-13-29-24(18-23)20-34(33-29)17-16-32-15-5-14-31/h2-3,6,8,10-13,18-20,32,35H,4-5,7,9,14-17H2,1H3. The molecule has 2 N–H and O–H groups in total. The largest absolute Gasteiger partial charge is 0.508 e. The fraction of sp³-hybridized carbons (Fsp3) is 0.300. The minimum Gasteiger partial charge on any atom is -0.508 e. The summed E-state index contributed by atoms with van der Waals surface area (Å²) in [6.07, 6.45) is 5.61. The Morgan fingerprint density at radius 1 is 1.00 bits per heavy atom. The molecule has 4 nitrogen and oxygen atoms in total. The van der Waals surface area contributed by atoms with Crippen LogP contribution in [0.5, 0.6) is 5.75 Å². The van der Waals surface area contributed by atoms with Gasteiger partial charge >= 0.3 is 0 Å². The maximum Gasteiger partial charge on any atom is 0.115 e. The lowest BCUT2D eigenvalue weighted by molar-refractivity contribution is 0.453. The number of benzene rings is 3. The number of hydrogen-bond acceptors (Lipinski definition) is 3. The molecule has 0 bridgehead atoms. The zero-order valence-electron chi connectivity index (χ0n) is 20.2. The molecule has 0 amide bonds. The summed E-state index contributed by atoms with van der Waals surface area (Å²) in [6.45, 7) is 4.09. The van der Waals surface area contributed by atoms with Crippen LogP contribution in [0.25, 0.3) is 22.0 Å². The van der Waals surface area contributed by atoms with Crippen LogP contribution in [0.2, 0.25) is 0 Å². The Labute approximate surface area is 206 Å². The van der Waals surface area contributed by atoms with Crippen LogP contribution in [0.1, 0.15) is 47.1 Å². The van der Waals surface area contributed by atoms with Gasteiger partial charge in [-0.05, 0) is 102 Å². The number of alkyl halides is 1. The molecule has 1 aromatic heterocycles. The Morgan fingerprint density at radius 2 is 1.89 bits per heavy atom. The van der Waals surface area contributed by atoms with E-state index in [-0.39, 0.29) is 6.67 Å². The zero-order chi connectivity index (χ0) is 24.2. The van der Waals surface area contributed by atoms with E-state index in [4.69, 9.17) is 5.10 Å². The van der Waals surface area contributed by atoms with Gasteiger partial charge in [0, 0.05) is 18.1 Å². The molecule has 1 aliphatic rings. The molecule has 0 spiro atoms. The predicted molar refractivity (Wildman–Crippen MR) is 141 cm³/mol. The zero-order valence-corrected chi connectivity index (χ0v) is 20.2. The summed E-state index contributed by atoms with van der Waals surface area (Å²) < 4.78 is 14.3. The number of aryl methyl sites for hydroxylation is 2. The highest BCUT2D eigenvalue weighted by Crippen LogP contribution is 2.41. The van der Waals surface area contributed by atoms with Crippen molar-refractivity contribution >= 4 is 22.0 Å². The van der Waals surface area contributed by atoms with Crippen LogP contribution in [0, 0.1) is 6.92 Å². The van der Waals surface area contributed by atoms with Crippen molar-refractivity contribution in [3.05, 3.63) is 94.7 Å². The van der Waals surface area contributed by atoms with E-state index in [1.54, 1.807) is 6.07 Å². The number of fused-ring (bicyclic) bond motifs is 2. The molecule has 0 unspecified atom stereocenters. The molecular weight excluding hydrogens is 437 g/mol. The lowest BCUT2D eigenvalue weighted by Gasteiger charge is -2.18. The number of aromatic nitrogens is 2. The summed E-state index contributed by atoms with van der Waals surface area (Å²) in [5.41, 5.74) is 9.70. The highest BCUT2D eigenvalue weighted by atomic mass is 19.1. The van der Waals surface area contributed by atoms with Crippen molar-refractivity contribution in [1.29, 1.82) is 0 Å². The lowest BCUT2D eigenvalue weighted by Crippen LogP contribution is -2.21. The van der Waals surface area contributed by atoms with E-state index in [2.05, 4.69) is 67.0 Å². The minimum atomic E-state index is -0.287. The molecule has 35 heavy (non-hydrogen) atoms. The van der Waals surface area contributed by atoms with Crippen LogP contribution in [0.3, 0.4) is 0 Å². The maximum absolute atomic E-state index is 12.3. The second kappa shape index (κ2) is 10.4. The number of hydrogen-bond donors (Lipinski definition) is 2. The van der Waals surface area contributed by atoms with Gasteiger partial charge in [0.1, 0.15) is 5.75 Å². The van der Waals surface area contributed by atoms with Crippen molar-refractivity contribution in [2.45, 2.75) is 39.2 Å². The van der Waals surface area contributed by atoms with E-state index in [9.17, 15) is 9.50 Å². The third-order valence-electron chi connectivity index (χ3n) is 6.85. The number of phenols is 1. The average Bonchev–Trinajstić information content (AvgIpc) is 3.17. The topological polar surface area (TPSA) is 50.1 Å². The normalized spacial score (nSPS) is 13.8. The van der Waals surface area contributed by atoms with Crippen molar-refractivity contribution in [2.75, 3.05) is 19.8 Å². The van der Waals surface area contributed by atoms with Crippen LogP contribution in [-0.2, 0) is 13.0 Å². The third kappa shape index (κ3) is 5.01. The Hall–Kier alpha value is -3.44. The minimum absolute atomic E-state index is 0.287. The second-order valence-corrected chi connectivity index (χ2v) is 9.32. The number of aromatic hydroxyl groups is 1. The highest BCUT2D eigenvalue weighted by Gasteiger charge is 2.21. The molecule has 0 fully saturated rings. The highest BCUT2D eigenvalue weighted by molar-refractivity contribution is 6.02. The summed E-state index contributed by atoms with van der Waals surface area (Å²) >= 11 is 0. The fourth-order valence-corrected chi connectivity index (χ4v) is 5.14. The summed E-state index contributed by atoms with van der Waals surface area (Å²) in [5.74, 6) is 0.319. The molecule has 1 heterocycles. The van der Waals surface area contributed by atoms with Crippen LogP contribution >= 0.6 is 0 Å². The molecule has 5 heteroatoms. The first-order chi connectivity index (χ1) is 17.1. The Balaban J connectivity index is 1.58. The van der Waals surface area contributed by atoms with Gasteiger partial charge in [0.25, 0.3) is 0 Å². The molecule has 0 saturated carbocycles. The monoisotopic (exact) mass is 469 g/mol. The van der Waals surface area contributed by atoms with E-state index in [0.29, 0.717) is 18.7 Å². The fourth-order valence-electron chi connectivity index (χ4n) is 5.14. The number of rotatable bonds is 8. The van der Waals surface area contributed by atoms with Crippen molar-refractivity contribution in [3.63, 3.8) is 0 Å². The van der Waals surface area contributed by atoms with E-state index in [1.807, 2.05) is 10.7 Å². The third-order valence-corrected chi connectivity index (χ3v) is 6.85. The number of allylic oxidation sites excluding steroid dienone is 1. The van der Waals surface area contributed by atoms with Gasteiger partial charge in [-0.1, -0.05) is 36.4 Å². The van der Waals surface area contributed by atoms with E-state index >= 15 is 0 Å². The first kappa shape index (κ1) is 23.3. The summed E-state index contributed by atoms with van der Waals surface area (Å²) in [6, 6.07) is 20.9. The van der Waals surface area contributed by atoms with Crippen LogP contribution in [-0.4, -0.2) is 34.7 Å². The Morgan fingerprint density at radius 3 is 2.74 bits per heavy atom. The second-order valence-electron chi connectivity index (χ2n) is 9.32. The summed E-state index contributed by atoms with van der Waals surface area (Å²) in [7, 11) is 0. The summed E-state index contributed by atoms with van der Waals surface area (Å²) in [4.78, 5) is 0. The van der Waals surface area contributed by atoms with E-state index in [0.717, 1.165) is 43.3 Å². The first-order valence-electron chi connectivity index (χ1n) is 12.5. The van der Waals surface area contributed by atoms with E-state index < -0.39 is 0 Å². The number of nitrogens with zero attached hydrogens (tertiary/aromatic N) is 2. The Bertz CT molecular complexity index is 1370. The molecule has 5 rings (SSSR count).